The van der Waals surface area contributed by atoms with Crippen LogP contribution in [0.25, 0.3) is 0 Å². The molecule has 0 aromatic rings. The van der Waals surface area contributed by atoms with Crippen LogP contribution in [-0.2, 0) is 9.53 Å². The van der Waals surface area contributed by atoms with Gasteiger partial charge in [0, 0.05) is 26.2 Å². The highest BCUT2D eigenvalue weighted by molar-refractivity contribution is 5.85. The van der Waals surface area contributed by atoms with Crippen molar-refractivity contribution in [2.45, 2.75) is 32.7 Å². The van der Waals surface area contributed by atoms with Gasteiger partial charge in [-0.1, -0.05) is 13.3 Å². The molecule has 2 N–H and O–H groups in total. The normalized spacial score (nSPS) is 17.1. The van der Waals surface area contributed by atoms with Crippen molar-refractivity contribution in [3.63, 3.8) is 0 Å². The van der Waals surface area contributed by atoms with Gasteiger partial charge in [-0.05, 0) is 13.3 Å². The number of nitrogens with zero attached hydrogens (tertiary/aromatic N) is 1. The predicted octanol–water partition coefficient (Wildman–Crippen LogP) is 0.333. The van der Waals surface area contributed by atoms with E-state index in [1.807, 2.05) is 6.92 Å². The maximum absolute atomic E-state index is 12.0. The lowest BCUT2D eigenvalue weighted by atomic mass is 10.2. The van der Waals surface area contributed by atoms with Crippen LogP contribution < -0.4 is 10.6 Å². The molecule has 1 atom stereocenters. The fourth-order valence-corrected chi connectivity index (χ4v) is 1.75. The molecule has 2 amide bonds. The quantitative estimate of drug-likeness (QED) is 0.696. The maximum Gasteiger partial charge on any atom is 0.407 e. The van der Waals surface area contributed by atoms with Crippen molar-refractivity contribution in [1.82, 2.24) is 15.5 Å². The van der Waals surface area contributed by atoms with Crippen LogP contribution in [0, 0.1) is 0 Å². The van der Waals surface area contributed by atoms with Crippen LogP contribution in [0.15, 0.2) is 0 Å². The van der Waals surface area contributed by atoms with Gasteiger partial charge in [-0.2, -0.15) is 0 Å². The highest BCUT2D eigenvalue weighted by atomic mass is 16.5. The number of carbonyl (C=O) groups excluding carboxylic acids is 2. The molecule has 0 spiro atoms. The van der Waals surface area contributed by atoms with Crippen LogP contribution in [-0.4, -0.2) is 55.7 Å². The van der Waals surface area contributed by atoms with E-state index in [0.717, 1.165) is 25.9 Å². The summed E-state index contributed by atoms with van der Waals surface area (Å²) >= 11 is 0. The van der Waals surface area contributed by atoms with E-state index >= 15 is 0 Å². The first-order valence-electron chi connectivity index (χ1n) is 6.58. The van der Waals surface area contributed by atoms with Crippen molar-refractivity contribution < 1.29 is 14.3 Å². The molecule has 6 heteroatoms. The number of nitrogens with one attached hydrogen (secondary N) is 2. The first-order chi connectivity index (χ1) is 8.65. The van der Waals surface area contributed by atoms with Gasteiger partial charge in [0.15, 0.2) is 0 Å². The predicted molar refractivity (Wildman–Crippen MR) is 68.3 cm³/mol. The average molecular weight is 257 g/mol. The summed E-state index contributed by atoms with van der Waals surface area (Å²) in [5.41, 5.74) is 0. The minimum absolute atomic E-state index is 0.0519. The van der Waals surface area contributed by atoms with Crippen LogP contribution in [0.2, 0.25) is 0 Å². The third kappa shape index (κ3) is 4.91. The van der Waals surface area contributed by atoms with Gasteiger partial charge in [-0.15, -0.1) is 0 Å². The third-order valence-electron chi connectivity index (χ3n) is 2.86. The van der Waals surface area contributed by atoms with E-state index < -0.39 is 12.1 Å². The van der Waals surface area contributed by atoms with Crippen LogP contribution in [0.4, 0.5) is 4.79 Å². The van der Waals surface area contributed by atoms with Gasteiger partial charge in [0.2, 0.25) is 5.91 Å². The fraction of sp³-hybridized carbons (Fsp3) is 0.833. The third-order valence-corrected chi connectivity index (χ3v) is 2.86. The van der Waals surface area contributed by atoms with Crippen LogP contribution in [0.1, 0.15) is 26.7 Å². The summed E-state index contributed by atoms with van der Waals surface area (Å²) in [6.45, 7) is 7.10. The molecule has 104 valence electrons. The molecular weight excluding hydrogens is 234 g/mol. The van der Waals surface area contributed by atoms with Crippen LogP contribution >= 0.6 is 0 Å². The number of amides is 2. The molecule has 0 aromatic heterocycles. The van der Waals surface area contributed by atoms with Gasteiger partial charge in [-0.3, -0.25) is 4.79 Å². The minimum Gasteiger partial charge on any atom is -0.450 e. The van der Waals surface area contributed by atoms with Gasteiger partial charge in [-0.25, -0.2) is 4.79 Å². The van der Waals surface area contributed by atoms with E-state index in [9.17, 15) is 9.59 Å². The first kappa shape index (κ1) is 14.8. The lowest BCUT2D eigenvalue weighted by Gasteiger charge is -2.29. The zero-order chi connectivity index (χ0) is 13.4. The Hall–Kier alpha value is -1.30. The molecule has 0 aromatic carbocycles. The molecule has 0 aliphatic carbocycles. The molecule has 6 nitrogen and oxygen atoms in total. The molecule has 18 heavy (non-hydrogen) atoms. The topological polar surface area (TPSA) is 70.7 Å². The lowest BCUT2D eigenvalue weighted by molar-refractivity contribution is -0.133. The van der Waals surface area contributed by atoms with Crippen molar-refractivity contribution in [2.75, 3.05) is 32.8 Å². The number of piperazine rings is 1. The SMILES string of the molecule is CCCCOC(=O)N[C@@H](C)C(=O)N1CCNCC1. The summed E-state index contributed by atoms with van der Waals surface area (Å²) in [5, 5.41) is 5.74. The number of hydrogen-bond acceptors (Lipinski definition) is 4. The van der Waals surface area contributed by atoms with Gasteiger partial charge in [0.05, 0.1) is 6.61 Å². The first-order valence-corrected chi connectivity index (χ1v) is 6.58. The van der Waals surface area contributed by atoms with Crippen molar-refractivity contribution in [3.8, 4) is 0 Å². The minimum atomic E-state index is -0.530. The van der Waals surface area contributed by atoms with Crippen molar-refractivity contribution in [2.24, 2.45) is 0 Å². The molecule has 0 radical (unpaired) electrons. The molecular formula is C12H23N3O3. The van der Waals surface area contributed by atoms with E-state index in [1.54, 1.807) is 11.8 Å². The monoisotopic (exact) mass is 257 g/mol. The maximum atomic E-state index is 12.0. The molecule has 1 saturated heterocycles. The van der Waals surface area contributed by atoms with Crippen molar-refractivity contribution in [1.29, 1.82) is 0 Å². The Bertz CT molecular complexity index is 278. The van der Waals surface area contributed by atoms with Gasteiger partial charge < -0.3 is 20.3 Å². The largest absolute Gasteiger partial charge is 0.450 e. The summed E-state index contributed by atoms with van der Waals surface area (Å²) in [5.74, 6) is -0.0519. The van der Waals surface area contributed by atoms with Gasteiger partial charge >= 0.3 is 6.09 Å². The highest BCUT2D eigenvalue weighted by Gasteiger charge is 2.23. The second kappa shape index (κ2) is 7.92. The summed E-state index contributed by atoms with van der Waals surface area (Å²) in [6, 6.07) is -0.530. The van der Waals surface area contributed by atoms with E-state index in [0.29, 0.717) is 19.7 Å². The number of unbranched alkanes of at least 4 members (excludes halogenated alkanes) is 1. The Morgan fingerprint density at radius 1 is 1.39 bits per heavy atom. The van der Waals surface area contributed by atoms with E-state index in [1.165, 1.54) is 0 Å². The van der Waals surface area contributed by atoms with E-state index in [4.69, 9.17) is 4.74 Å². The number of hydrogen-bond donors (Lipinski definition) is 2. The zero-order valence-corrected chi connectivity index (χ0v) is 11.2. The fourth-order valence-electron chi connectivity index (χ4n) is 1.75. The molecule has 1 fully saturated rings. The Balaban J connectivity index is 2.27. The Kier molecular flexibility index (Phi) is 6.49. The average Bonchev–Trinajstić information content (AvgIpc) is 2.39. The Labute approximate surface area is 108 Å². The van der Waals surface area contributed by atoms with E-state index in [2.05, 4.69) is 10.6 Å². The summed E-state index contributed by atoms with van der Waals surface area (Å²) in [7, 11) is 0. The molecule has 0 saturated carbocycles. The molecule has 0 bridgehead atoms. The molecule has 0 unspecified atom stereocenters. The molecule has 1 aliphatic heterocycles. The summed E-state index contributed by atoms with van der Waals surface area (Å²) in [6.07, 6.45) is 1.30. The lowest BCUT2D eigenvalue weighted by Crippen LogP contribution is -2.53. The zero-order valence-electron chi connectivity index (χ0n) is 11.2. The van der Waals surface area contributed by atoms with Crippen LogP contribution in [0.5, 0.6) is 0 Å². The standard InChI is InChI=1S/C12H23N3O3/c1-3-4-9-18-12(17)14-10(2)11(16)15-7-5-13-6-8-15/h10,13H,3-9H2,1-2H3,(H,14,17)/t10-/m0/s1. The second-order valence-electron chi connectivity index (χ2n) is 4.43. The number of carbonyl (C=O) groups is 2. The highest BCUT2D eigenvalue weighted by Crippen LogP contribution is 1.98. The molecule has 1 heterocycles. The van der Waals surface area contributed by atoms with E-state index in [-0.39, 0.29) is 5.91 Å². The van der Waals surface area contributed by atoms with Gasteiger partial charge in [0.1, 0.15) is 6.04 Å². The number of alkyl carbamates (subject to hydrolysis) is 1. The Morgan fingerprint density at radius 3 is 2.67 bits per heavy atom. The molecule has 1 rings (SSSR count). The Morgan fingerprint density at radius 2 is 2.06 bits per heavy atom. The summed E-state index contributed by atoms with van der Waals surface area (Å²) in [4.78, 5) is 25.1. The molecule has 1 aliphatic rings. The number of rotatable bonds is 5. The van der Waals surface area contributed by atoms with Gasteiger partial charge in [0.25, 0.3) is 0 Å². The van der Waals surface area contributed by atoms with Crippen LogP contribution in [0.3, 0.4) is 0 Å². The van der Waals surface area contributed by atoms with Crippen molar-refractivity contribution in [3.05, 3.63) is 0 Å². The smallest absolute Gasteiger partial charge is 0.407 e. The summed E-state index contributed by atoms with van der Waals surface area (Å²) < 4.78 is 4.96. The second-order valence-corrected chi connectivity index (χ2v) is 4.43. The van der Waals surface area contributed by atoms with Crippen molar-refractivity contribution >= 4 is 12.0 Å². The number of ether oxygens (including phenoxy) is 1.